The molecule has 2 rings (SSSR count). The molecule has 1 unspecified atom stereocenters. The van der Waals surface area contributed by atoms with Gasteiger partial charge in [-0.15, -0.1) is 0 Å². The molecule has 0 amide bonds. The number of hydrogen-bond donors (Lipinski definition) is 0. The van der Waals surface area contributed by atoms with E-state index in [0.717, 1.165) is 37.7 Å². The van der Waals surface area contributed by atoms with E-state index in [0.29, 0.717) is 0 Å². The summed E-state index contributed by atoms with van der Waals surface area (Å²) in [5.74, 6) is -0.137. The van der Waals surface area contributed by atoms with Crippen LogP contribution < -0.4 is 0 Å². The standard InChI is InChI=1S/C19H26O2/c1-5-18(3,4)17(20)21-19(6-2)14-10-9-12-15-11-7-8-13-16(15)19/h6-8,11,13H,2,5,9-10,12,14H2,1,3-4H3. The lowest BCUT2D eigenvalue weighted by Crippen LogP contribution is -2.36. The monoisotopic (exact) mass is 286 g/mol. The van der Waals surface area contributed by atoms with E-state index in [-0.39, 0.29) is 5.97 Å². The summed E-state index contributed by atoms with van der Waals surface area (Å²) in [5.41, 5.74) is 1.25. The summed E-state index contributed by atoms with van der Waals surface area (Å²) in [6.07, 6.45) is 6.61. The molecule has 1 aromatic rings. The number of esters is 1. The van der Waals surface area contributed by atoms with Crippen molar-refractivity contribution in [2.75, 3.05) is 0 Å². The summed E-state index contributed by atoms with van der Waals surface area (Å²) in [6.45, 7) is 9.88. The second-order valence-electron chi connectivity index (χ2n) is 6.58. The zero-order valence-electron chi connectivity index (χ0n) is 13.4. The van der Waals surface area contributed by atoms with Crippen molar-refractivity contribution in [3.05, 3.63) is 48.0 Å². The lowest BCUT2D eigenvalue weighted by atomic mass is 9.86. The third-order valence-electron chi connectivity index (χ3n) is 4.76. The Kier molecular flexibility index (Phi) is 4.55. The predicted molar refractivity (Wildman–Crippen MR) is 86.0 cm³/mol. The molecule has 21 heavy (non-hydrogen) atoms. The van der Waals surface area contributed by atoms with Gasteiger partial charge in [0.25, 0.3) is 0 Å². The summed E-state index contributed by atoms with van der Waals surface area (Å²) < 4.78 is 6.03. The fourth-order valence-corrected chi connectivity index (χ4v) is 2.80. The fraction of sp³-hybridized carbons (Fsp3) is 0.526. The SMILES string of the molecule is C=CC1(OC(=O)C(C)(C)CC)CCCCc2ccccc21. The number of carbonyl (C=O) groups is 1. The van der Waals surface area contributed by atoms with E-state index in [4.69, 9.17) is 4.74 Å². The van der Waals surface area contributed by atoms with Crippen molar-refractivity contribution in [1.29, 1.82) is 0 Å². The van der Waals surface area contributed by atoms with E-state index < -0.39 is 11.0 Å². The van der Waals surface area contributed by atoms with Crippen molar-refractivity contribution < 1.29 is 9.53 Å². The van der Waals surface area contributed by atoms with Crippen molar-refractivity contribution in [3.63, 3.8) is 0 Å². The molecule has 0 fully saturated rings. The molecule has 0 spiro atoms. The van der Waals surface area contributed by atoms with Crippen LogP contribution in [0.25, 0.3) is 0 Å². The maximum absolute atomic E-state index is 12.6. The summed E-state index contributed by atoms with van der Waals surface area (Å²) in [4.78, 5) is 12.6. The highest BCUT2D eigenvalue weighted by molar-refractivity contribution is 5.76. The molecule has 0 N–H and O–H groups in total. The number of carbonyl (C=O) groups excluding carboxylic acids is 1. The minimum Gasteiger partial charge on any atom is -0.449 e. The minimum absolute atomic E-state index is 0.137. The topological polar surface area (TPSA) is 26.3 Å². The van der Waals surface area contributed by atoms with E-state index >= 15 is 0 Å². The van der Waals surface area contributed by atoms with E-state index in [2.05, 4.69) is 24.8 Å². The Balaban J connectivity index is 2.41. The Labute approximate surface area is 128 Å². The lowest BCUT2D eigenvalue weighted by molar-refractivity contribution is -0.167. The molecule has 0 aliphatic heterocycles. The molecule has 2 heteroatoms. The molecule has 1 atom stereocenters. The Bertz CT molecular complexity index is 530. The zero-order valence-corrected chi connectivity index (χ0v) is 13.4. The largest absolute Gasteiger partial charge is 0.449 e. The quantitative estimate of drug-likeness (QED) is 0.452. The summed E-state index contributed by atoms with van der Waals surface area (Å²) in [6, 6.07) is 8.28. The van der Waals surface area contributed by atoms with Crippen LogP contribution in [0.15, 0.2) is 36.9 Å². The van der Waals surface area contributed by atoms with Crippen LogP contribution in [0.3, 0.4) is 0 Å². The smallest absolute Gasteiger partial charge is 0.312 e. The molecule has 0 bridgehead atoms. The Morgan fingerprint density at radius 3 is 2.76 bits per heavy atom. The van der Waals surface area contributed by atoms with Crippen LogP contribution in [0.1, 0.15) is 57.6 Å². The van der Waals surface area contributed by atoms with Gasteiger partial charge in [-0.1, -0.05) is 37.8 Å². The van der Waals surface area contributed by atoms with Crippen molar-refractivity contribution in [2.24, 2.45) is 5.41 Å². The van der Waals surface area contributed by atoms with Crippen molar-refractivity contribution in [1.82, 2.24) is 0 Å². The molecular weight excluding hydrogens is 260 g/mol. The first-order valence-corrected chi connectivity index (χ1v) is 7.90. The van der Waals surface area contributed by atoms with E-state index in [1.54, 1.807) is 0 Å². The number of aryl methyl sites for hydroxylation is 1. The van der Waals surface area contributed by atoms with E-state index in [1.165, 1.54) is 5.56 Å². The van der Waals surface area contributed by atoms with Crippen LogP contribution in [0, 0.1) is 5.41 Å². The third kappa shape index (κ3) is 3.04. The van der Waals surface area contributed by atoms with Crippen LogP contribution in [0.5, 0.6) is 0 Å². The molecule has 1 aliphatic rings. The number of ether oxygens (including phenoxy) is 1. The second-order valence-corrected chi connectivity index (χ2v) is 6.58. The minimum atomic E-state index is -0.670. The Hall–Kier alpha value is -1.57. The Morgan fingerprint density at radius 1 is 1.38 bits per heavy atom. The average Bonchev–Trinajstić information content (AvgIpc) is 2.68. The summed E-state index contributed by atoms with van der Waals surface area (Å²) in [7, 11) is 0. The molecule has 0 heterocycles. The van der Waals surface area contributed by atoms with Gasteiger partial charge in [0.15, 0.2) is 5.60 Å². The normalized spacial score (nSPS) is 22.0. The first-order chi connectivity index (χ1) is 9.95. The summed E-state index contributed by atoms with van der Waals surface area (Å²) >= 11 is 0. The van der Waals surface area contributed by atoms with Gasteiger partial charge in [-0.05, 0) is 57.6 Å². The van der Waals surface area contributed by atoms with Gasteiger partial charge in [0.2, 0.25) is 0 Å². The van der Waals surface area contributed by atoms with E-state index in [9.17, 15) is 4.79 Å². The number of rotatable bonds is 4. The van der Waals surface area contributed by atoms with Gasteiger partial charge >= 0.3 is 5.97 Å². The molecule has 0 saturated carbocycles. The third-order valence-corrected chi connectivity index (χ3v) is 4.76. The van der Waals surface area contributed by atoms with Gasteiger partial charge in [-0.3, -0.25) is 4.79 Å². The Morgan fingerprint density at radius 2 is 2.10 bits per heavy atom. The molecule has 114 valence electrons. The molecule has 1 aromatic carbocycles. The molecule has 2 nitrogen and oxygen atoms in total. The fourth-order valence-electron chi connectivity index (χ4n) is 2.80. The van der Waals surface area contributed by atoms with Crippen LogP contribution >= 0.6 is 0 Å². The first kappa shape index (κ1) is 15.8. The zero-order chi connectivity index (χ0) is 15.5. The van der Waals surface area contributed by atoms with Crippen LogP contribution in [0.4, 0.5) is 0 Å². The molecule has 0 saturated heterocycles. The molecular formula is C19H26O2. The number of hydrogen-bond acceptors (Lipinski definition) is 2. The summed E-state index contributed by atoms with van der Waals surface area (Å²) in [5, 5.41) is 0. The first-order valence-electron chi connectivity index (χ1n) is 7.90. The van der Waals surface area contributed by atoms with Gasteiger partial charge in [0.1, 0.15) is 0 Å². The van der Waals surface area contributed by atoms with Gasteiger partial charge in [0.05, 0.1) is 5.41 Å². The van der Waals surface area contributed by atoms with Crippen molar-refractivity contribution >= 4 is 5.97 Å². The maximum atomic E-state index is 12.6. The maximum Gasteiger partial charge on any atom is 0.312 e. The van der Waals surface area contributed by atoms with Crippen LogP contribution in [0.2, 0.25) is 0 Å². The van der Waals surface area contributed by atoms with Crippen molar-refractivity contribution in [2.45, 2.75) is 58.5 Å². The second kappa shape index (κ2) is 6.05. The van der Waals surface area contributed by atoms with Gasteiger partial charge in [0, 0.05) is 5.56 Å². The van der Waals surface area contributed by atoms with Gasteiger partial charge in [-0.25, -0.2) is 0 Å². The number of fused-ring (bicyclic) bond motifs is 1. The van der Waals surface area contributed by atoms with Crippen LogP contribution in [-0.2, 0) is 21.6 Å². The lowest BCUT2D eigenvalue weighted by Gasteiger charge is -2.34. The van der Waals surface area contributed by atoms with Gasteiger partial charge < -0.3 is 4.74 Å². The highest BCUT2D eigenvalue weighted by Crippen LogP contribution is 2.40. The molecule has 1 aliphatic carbocycles. The van der Waals surface area contributed by atoms with Gasteiger partial charge in [-0.2, -0.15) is 0 Å². The van der Waals surface area contributed by atoms with Crippen molar-refractivity contribution in [3.8, 4) is 0 Å². The highest BCUT2D eigenvalue weighted by Gasteiger charge is 2.39. The predicted octanol–water partition coefficient (Wildman–Crippen LogP) is 4.77. The highest BCUT2D eigenvalue weighted by atomic mass is 16.6. The average molecular weight is 286 g/mol. The molecule has 0 radical (unpaired) electrons. The van der Waals surface area contributed by atoms with E-state index in [1.807, 2.05) is 32.9 Å². The molecule has 0 aromatic heterocycles. The number of benzene rings is 1. The van der Waals surface area contributed by atoms with Crippen LogP contribution in [-0.4, -0.2) is 5.97 Å².